The molecular formula is C10H9BrO2. The first-order valence-corrected chi connectivity index (χ1v) is 5.12. The summed E-state index contributed by atoms with van der Waals surface area (Å²) in [5, 5.41) is 0.608. The monoisotopic (exact) mass is 240 g/mol. The summed E-state index contributed by atoms with van der Waals surface area (Å²) in [6, 6.07) is 9.85. The minimum atomic E-state index is -0.665. The third-order valence-electron chi connectivity index (χ3n) is 1.96. The quantitative estimate of drug-likeness (QED) is 0.741. The Hall–Kier alpha value is -0.960. The Morgan fingerprint density at radius 2 is 1.69 bits per heavy atom. The van der Waals surface area contributed by atoms with Gasteiger partial charge in [-0.2, -0.15) is 0 Å². The van der Waals surface area contributed by atoms with Gasteiger partial charge in [-0.1, -0.05) is 46.3 Å². The van der Waals surface area contributed by atoms with Crippen LogP contribution in [0, 0.1) is 0 Å². The van der Waals surface area contributed by atoms with Crippen molar-refractivity contribution >= 4 is 15.9 Å². The topological polar surface area (TPSA) is 18.5 Å². The Kier molecular flexibility index (Phi) is 2.27. The molecule has 1 aromatic carbocycles. The number of hydrogen-bond donors (Lipinski definition) is 0. The van der Waals surface area contributed by atoms with Crippen LogP contribution in [0.1, 0.15) is 5.56 Å². The maximum absolute atomic E-state index is 5.43. The molecule has 0 saturated carbocycles. The molecule has 1 aliphatic heterocycles. The Labute approximate surface area is 85.3 Å². The molecular weight excluding hydrogens is 232 g/mol. The summed E-state index contributed by atoms with van der Waals surface area (Å²) in [7, 11) is 0. The van der Waals surface area contributed by atoms with Gasteiger partial charge in [-0.25, -0.2) is 0 Å². The minimum absolute atomic E-state index is 0.608. The standard InChI is InChI=1S/C10H9BrO2/c11-8-10(12-6-7-13-10)9-4-2-1-3-5-9/h1-7H,8H2. The van der Waals surface area contributed by atoms with Crippen LogP contribution in [0.5, 0.6) is 0 Å². The second-order valence-corrected chi connectivity index (χ2v) is 3.32. The zero-order chi connectivity index (χ0) is 9.15. The average molecular weight is 241 g/mol. The summed E-state index contributed by atoms with van der Waals surface area (Å²) in [4.78, 5) is 0. The van der Waals surface area contributed by atoms with Gasteiger partial charge in [-0.05, 0) is 0 Å². The molecule has 0 atom stereocenters. The zero-order valence-corrected chi connectivity index (χ0v) is 8.53. The first-order valence-electron chi connectivity index (χ1n) is 3.99. The van der Waals surface area contributed by atoms with E-state index in [1.807, 2.05) is 30.3 Å². The van der Waals surface area contributed by atoms with Crippen LogP contribution >= 0.6 is 15.9 Å². The Balaban J connectivity index is 2.32. The molecule has 0 unspecified atom stereocenters. The summed E-state index contributed by atoms with van der Waals surface area (Å²) in [5.74, 6) is -0.665. The van der Waals surface area contributed by atoms with Crippen LogP contribution in [0.25, 0.3) is 0 Å². The lowest BCUT2D eigenvalue weighted by Gasteiger charge is -2.25. The van der Waals surface area contributed by atoms with E-state index >= 15 is 0 Å². The number of benzene rings is 1. The number of alkyl halides is 1. The molecule has 0 fully saturated rings. The molecule has 1 heterocycles. The van der Waals surface area contributed by atoms with Crippen molar-refractivity contribution in [3.05, 3.63) is 48.4 Å². The number of ether oxygens (including phenoxy) is 2. The van der Waals surface area contributed by atoms with E-state index in [1.54, 1.807) is 12.5 Å². The molecule has 0 spiro atoms. The second-order valence-electron chi connectivity index (χ2n) is 2.76. The Morgan fingerprint density at radius 1 is 1.08 bits per heavy atom. The number of halogens is 1. The van der Waals surface area contributed by atoms with Crippen molar-refractivity contribution in [1.82, 2.24) is 0 Å². The Morgan fingerprint density at radius 3 is 2.23 bits per heavy atom. The maximum Gasteiger partial charge on any atom is 0.286 e. The molecule has 68 valence electrons. The van der Waals surface area contributed by atoms with E-state index in [2.05, 4.69) is 15.9 Å². The molecule has 2 rings (SSSR count). The fourth-order valence-corrected chi connectivity index (χ4v) is 1.86. The summed E-state index contributed by atoms with van der Waals surface area (Å²) >= 11 is 3.38. The summed E-state index contributed by atoms with van der Waals surface area (Å²) < 4.78 is 10.9. The van der Waals surface area contributed by atoms with Crippen LogP contribution in [0.4, 0.5) is 0 Å². The number of rotatable bonds is 2. The SMILES string of the molecule is BrCC1(c2ccccc2)OC=CO1. The van der Waals surface area contributed by atoms with Crippen molar-refractivity contribution in [3.8, 4) is 0 Å². The van der Waals surface area contributed by atoms with E-state index in [9.17, 15) is 0 Å². The van der Waals surface area contributed by atoms with Crippen molar-refractivity contribution in [2.45, 2.75) is 5.79 Å². The fraction of sp³-hybridized carbons (Fsp3) is 0.200. The lowest BCUT2D eigenvalue weighted by molar-refractivity contribution is -0.127. The van der Waals surface area contributed by atoms with Gasteiger partial charge in [0.1, 0.15) is 12.5 Å². The molecule has 0 aliphatic carbocycles. The molecule has 0 saturated heterocycles. The highest BCUT2D eigenvalue weighted by Gasteiger charge is 2.36. The van der Waals surface area contributed by atoms with Gasteiger partial charge in [0.15, 0.2) is 0 Å². The van der Waals surface area contributed by atoms with Crippen LogP contribution in [0.2, 0.25) is 0 Å². The first kappa shape index (κ1) is 8.63. The van der Waals surface area contributed by atoms with E-state index in [0.29, 0.717) is 5.33 Å². The molecule has 13 heavy (non-hydrogen) atoms. The molecule has 3 heteroatoms. The third kappa shape index (κ3) is 1.44. The maximum atomic E-state index is 5.43. The number of hydrogen-bond acceptors (Lipinski definition) is 2. The van der Waals surface area contributed by atoms with Crippen LogP contribution < -0.4 is 0 Å². The van der Waals surface area contributed by atoms with Crippen molar-refractivity contribution in [3.63, 3.8) is 0 Å². The molecule has 0 bridgehead atoms. The molecule has 0 aromatic heterocycles. The van der Waals surface area contributed by atoms with E-state index < -0.39 is 5.79 Å². The fourth-order valence-electron chi connectivity index (χ4n) is 1.27. The van der Waals surface area contributed by atoms with Gasteiger partial charge in [0.2, 0.25) is 0 Å². The third-order valence-corrected chi connectivity index (χ3v) is 2.70. The summed E-state index contributed by atoms with van der Waals surface area (Å²) in [6.07, 6.45) is 3.13. The molecule has 1 aliphatic rings. The van der Waals surface area contributed by atoms with Crippen LogP contribution in [0.3, 0.4) is 0 Å². The van der Waals surface area contributed by atoms with Crippen molar-refractivity contribution in [1.29, 1.82) is 0 Å². The largest absolute Gasteiger partial charge is 0.452 e. The van der Waals surface area contributed by atoms with Gasteiger partial charge in [-0.15, -0.1) is 0 Å². The smallest absolute Gasteiger partial charge is 0.286 e. The zero-order valence-electron chi connectivity index (χ0n) is 6.94. The van der Waals surface area contributed by atoms with E-state index in [-0.39, 0.29) is 0 Å². The summed E-state index contributed by atoms with van der Waals surface area (Å²) in [5.41, 5.74) is 1.01. The van der Waals surface area contributed by atoms with E-state index in [1.165, 1.54) is 0 Å². The average Bonchev–Trinajstić information content (AvgIpc) is 2.69. The highest BCUT2D eigenvalue weighted by molar-refractivity contribution is 9.09. The molecule has 0 radical (unpaired) electrons. The normalized spacial score (nSPS) is 17.9. The van der Waals surface area contributed by atoms with Gasteiger partial charge in [0, 0.05) is 5.56 Å². The predicted molar refractivity (Wildman–Crippen MR) is 53.2 cm³/mol. The van der Waals surface area contributed by atoms with Crippen LogP contribution in [-0.2, 0) is 15.3 Å². The minimum Gasteiger partial charge on any atom is -0.452 e. The van der Waals surface area contributed by atoms with Gasteiger partial charge >= 0.3 is 0 Å². The van der Waals surface area contributed by atoms with Crippen molar-refractivity contribution in [2.24, 2.45) is 0 Å². The predicted octanol–water partition coefficient (Wildman–Crippen LogP) is 2.75. The molecule has 0 amide bonds. The van der Waals surface area contributed by atoms with Crippen molar-refractivity contribution in [2.75, 3.05) is 5.33 Å². The first-order chi connectivity index (χ1) is 6.37. The van der Waals surface area contributed by atoms with E-state index in [4.69, 9.17) is 9.47 Å². The van der Waals surface area contributed by atoms with Gasteiger partial charge in [-0.3, -0.25) is 0 Å². The molecule has 2 nitrogen and oxygen atoms in total. The summed E-state index contributed by atoms with van der Waals surface area (Å²) in [6.45, 7) is 0. The highest BCUT2D eigenvalue weighted by Crippen LogP contribution is 2.33. The van der Waals surface area contributed by atoms with E-state index in [0.717, 1.165) is 5.56 Å². The Bertz CT molecular complexity index is 300. The van der Waals surface area contributed by atoms with Crippen LogP contribution in [-0.4, -0.2) is 5.33 Å². The van der Waals surface area contributed by atoms with Gasteiger partial charge in [0.25, 0.3) is 5.79 Å². The highest BCUT2D eigenvalue weighted by atomic mass is 79.9. The lowest BCUT2D eigenvalue weighted by Crippen LogP contribution is -2.28. The second kappa shape index (κ2) is 3.42. The van der Waals surface area contributed by atoms with Gasteiger partial charge < -0.3 is 9.47 Å². The van der Waals surface area contributed by atoms with Crippen LogP contribution in [0.15, 0.2) is 42.9 Å². The lowest BCUT2D eigenvalue weighted by atomic mass is 10.1. The molecule has 0 N–H and O–H groups in total. The molecule has 1 aromatic rings. The van der Waals surface area contributed by atoms with Crippen molar-refractivity contribution < 1.29 is 9.47 Å². The van der Waals surface area contributed by atoms with Gasteiger partial charge in [0.05, 0.1) is 5.33 Å².